The number of carbonyl (C=O) groups is 2. The van der Waals surface area contributed by atoms with E-state index in [2.05, 4.69) is 15.3 Å². The number of aryl methyl sites for hydroxylation is 2. The van der Waals surface area contributed by atoms with Crippen molar-refractivity contribution in [2.45, 2.75) is 76.8 Å². The summed E-state index contributed by atoms with van der Waals surface area (Å²) in [6, 6.07) is 6.24. The molecule has 0 unspecified atom stereocenters. The Labute approximate surface area is 188 Å². The first-order valence-electron chi connectivity index (χ1n) is 11.7. The van der Waals surface area contributed by atoms with Gasteiger partial charge < -0.3 is 10.2 Å². The van der Waals surface area contributed by atoms with Gasteiger partial charge in [0.1, 0.15) is 11.6 Å². The van der Waals surface area contributed by atoms with Gasteiger partial charge in [0.2, 0.25) is 5.91 Å². The number of carbonyl (C=O) groups excluding carboxylic acids is 2. The van der Waals surface area contributed by atoms with Gasteiger partial charge in [0, 0.05) is 25.2 Å². The molecule has 1 aromatic heterocycles. The van der Waals surface area contributed by atoms with Crippen LogP contribution in [0.15, 0.2) is 30.5 Å². The summed E-state index contributed by atoms with van der Waals surface area (Å²) in [5.74, 6) is 0.210. The number of likely N-dealkylation sites (tertiary alicyclic amines) is 1. The lowest BCUT2D eigenvalue weighted by Gasteiger charge is -2.27. The minimum absolute atomic E-state index is 0.0340. The van der Waals surface area contributed by atoms with Crippen molar-refractivity contribution in [1.82, 2.24) is 20.2 Å². The van der Waals surface area contributed by atoms with Gasteiger partial charge in [0.15, 0.2) is 0 Å². The van der Waals surface area contributed by atoms with Crippen LogP contribution in [0.4, 0.5) is 4.39 Å². The summed E-state index contributed by atoms with van der Waals surface area (Å²) in [5.41, 5.74) is 2.06. The Balaban J connectivity index is 1.48. The molecule has 1 atom stereocenters. The van der Waals surface area contributed by atoms with Gasteiger partial charge in [-0.05, 0) is 56.7 Å². The average Bonchev–Trinajstić information content (AvgIpc) is 3.29. The third kappa shape index (κ3) is 5.31. The van der Waals surface area contributed by atoms with Crippen molar-refractivity contribution in [3.63, 3.8) is 0 Å². The van der Waals surface area contributed by atoms with Crippen LogP contribution in [0.5, 0.6) is 0 Å². The summed E-state index contributed by atoms with van der Waals surface area (Å²) in [7, 11) is 0. The van der Waals surface area contributed by atoms with Crippen molar-refractivity contribution in [1.29, 1.82) is 0 Å². The summed E-state index contributed by atoms with van der Waals surface area (Å²) in [6.45, 7) is 2.46. The Bertz CT molecular complexity index is 957. The van der Waals surface area contributed by atoms with Gasteiger partial charge in [-0.1, -0.05) is 31.4 Å². The van der Waals surface area contributed by atoms with E-state index in [1.165, 1.54) is 18.6 Å². The smallest absolute Gasteiger partial charge is 0.255 e. The summed E-state index contributed by atoms with van der Waals surface area (Å²) in [6.07, 6.45) is 9.68. The second-order valence-corrected chi connectivity index (χ2v) is 8.90. The molecule has 4 rings (SSSR count). The van der Waals surface area contributed by atoms with Crippen LogP contribution in [0.25, 0.3) is 0 Å². The lowest BCUT2D eigenvalue weighted by molar-refractivity contribution is -0.132. The molecule has 7 heteroatoms. The molecule has 1 N–H and O–H groups in total. The number of aromatic nitrogens is 2. The molecule has 1 aliphatic heterocycles. The molecule has 1 aromatic carbocycles. The Hall–Kier alpha value is -2.83. The van der Waals surface area contributed by atoms with Gasteiger partial charge in [0.05, 0.1) is 17.3 Å². The normalized spacial score (nSPS) is 19.2. The Morgan fingerprint density at radius 1 is 1.09 bits per heavy atom. The highest BCUT2D eigenvalue weighted by Crippen LogP contribution is 2.33. The summed E-state index contributed by atoms with van der Waals surface area (Å²) in [4.78, 5) is 36.9. The van der Waals surface area contributed by atoms with E-state index in [0.29, 0.717) is 36.5 Å². The molecule has 0 bridgehead atoms. The van der Waals surface area contributed by atoms with Crippen molar-refractivity contribution in [3.8, 4) is 0 Å². The first-order valence-corrected chi connectivity index (χ1v) is 11.7. The maximum Gasteiger partial charge on any atom is 0.255 e. The zero-order valence-electron chi connectivity index (χ0n) is 18.6. The fraction of sp³-hybridized carbons (Fsp3) is 0.520. The van der Waals surface area contributed by atoms with Crippen molar-refractivity contribution in [3.05, 3.63) is 58.9 Å². The molecule has 2 aliphatic rings. The number of hydrogen-bond acceptors (Lipinski definition) is 4. The zero-order valence-corrected chi connectivity index (χ0v) is 18.6. The van der Waals surface area contributed by atoms with Crippen molar-refractivity contribution in [2.75, 3.05) is 6.54 Å². The SMILES string of the molecule is Cc1ncc(C(=O)NC2CCCCC2)c([C@@H]2CCCN2C(=O)CCc2ccc(F)cc2)n1. The van der Waals surface area contributed by atoms with Crippen LogP contribution in [0.3, 0.4) is 0 Å². The molecule has 2 aromatic rings. The van der Waals surface area contributed by atoms with Crippen molar-refractivity contribution >= 4 is 11.8 Å². The van der Waals surface area contributed by atoms with Gasteiger partial charge in [-0.2, -0.15) is 0 Å². The number of halogens is 1. The molecule has 6 nitrogen and oxygen atoms in total. The van der Waals surface area contributed by atoms with Crippen LogP contribution < -0.4 is 5.32 Å². The van der Waals surface area contributed by atoms with Crippen molar-refractivity contribution < 1.29 is 14.0 Å². The second kappa shape index (κ2) is 10.2. The molecule has 1 aliphatic carbocycles. The summed E-state index contributed by atoms with van der Waals surface area (Å²) < 4.78 is 13.1. The van der Waals surface area contributed by atoms with Gasteiger partial charge in [-0.15, -0.1) is 0 Å². The number of nitrogens with one attached hydrogen (secondary N) is 1. The lowest BCUT2D eigenvalue weighted by atomic mass is 9.95. The van der Waals surface area contributed by atoms with Gasteiger partial charge >= 0.3 is 0 Å². The maximum atomic E-state index is 13.1. The zero-order chi connectivity index (χ0) is 22.5. The summed E-state index contributed by atoms with van der Waals surface area (Å²) in [5, 5.41) is 3.16. The molecule has 0 radical (unpaired) electrons. The van der Waals surface area contributed by atoms with E-state index in [-0.39, 0.29) is 29.7 Å². The Kier molecular flexibility index (Phi) is 7.12. The molecular formula is C25H31FN4O2. The van der Waals surface area contributed by atoms with E-state index >= 15 is 0 Å². The van der Waals surface area contributed by atoms with E-state index < -0.39 is 0 Å². The molecule has 2 amide bonds. The van der Waals surface area contributed by atoms with Gasteiger partial charge in [-0.25, -0.2) is 14.4 Å². The molecule has 32 heavy (non-hydrogen) atoms. The van der Waals surface area contributed by atoms with E-state index in [9.17, 15) is 14.0 Å². The van der Waals surface area contributed by atoms with Crippen LogP contribution in [0, 0.1) is 12.7 Å². The molecule has 1 saturated carbocycles. The van der Waals surface area contributed by atoms with E-state index in [1.54, 1.807) is 18.3 Å². The van der Waals surface area contributed by atoms with E-state index in [4.69, 9.17) is 0 Å². The molecule has 2 fully saturated rings. The Morgan fingerprint density at radius 3 is 2.59 bits per heavy atom. The third-order valence-electron chi connectivity index (χ3n) is 6.55. The van der Waals surface area contributed by atoms with Crippen LogP contribution in [-0.2, 0) is 11.2 Å². The van der Waals surface area contributed by atoms with Crippen LogP contribution in [-0.4, -0.2) is 39.3 Å². The Morgan fingerprint density at radius 2 is 1.84 bits per heavy atom. The molecule has 1 saturated heterocycles. The standard InChI is InChI=1S/C25H31FN4O2/c1-17-27-16-21(25(32)29-20-6-3-2-4-7-20)24(28-17)22-8-5-15-30(22)23(31)14-11-18-9-12-19(26)13-10-18/h9-10,12-13,16,20,22H,2-8,11,14-15H2,1H3,(H,29,32)/t22-/m0/s1. The van der Waals surface area contributed by atoms with Crippen LogP contribution in [0.1, 0.15) is 84.8 Å². The fourth-order valence-electron chi connectivity index (χ4n) is 4.82. The lowest BCUT2D eigenvalue weighted by Crippen LogP contribution is -2.38. The topological polar surface area (TPSA) is 75.2 Å². The largest absolute Gasteiger partial charge is 0.349 e. The van der Waals surface area contributed by atoms with Crippen molar-refractivity contribution in [2.24, 2.45) is 0 Å². The minimum atomic E-state index is -0.280. The molecular weight excluding hydrogens is 407 g/mol. The average molecular weight is 439 g/mol. The minimum Gasteiger partial charge on any atom is -0.349 e. The quantitative estimate of drug-likeness (QED) is 0.730. The predicted octanol–water partition coefficient (Wildman–Crippen LogP) is 4.28. The number of rotatable bonds is 6. The number of nitrogens with zero attached hydrogens (tertiary/aromatic N) is 3. The van der Waals surface area contributed by atoms with Crippen LogP contribution in [0.2, 0.25) is 0 Å². The number of benzene rings is 1. The van der Waals surface area contributed by atoms with Gasteiger partial charge in [0.25, 0.3) is 5.91 Å². The van der Waals surface area contributed by atoms with E-state index in [1.807, 2.05) is 11.8 Å². The highest BCUT2D eigenvalue weighted by Gasteiger charge is 2.34. The first kappa shape index (κ1) is 22.4. The molecule has 170 valence electrons. The predicted molar refractivity (Wildman–Crippen MR) is 120 cm³/mol. The highest BCUT2D eigenvalue weighted by atomic mass is 19.1. The number of hydrogen-bond donors (Lipinski definition) is 1. The van der Waals surface area contributed by atoms with Gasteiger partial charge in [-0.3, -0.25) is 9.59 Å². The maximum absolute atomic E-state index is 13.1. The second-order valence-electron chi connectivity index (χ2n) is 8.90. The van der Waals surface area contributed by atoms with E-state index in [0.717, 1.165) is 44.1 Å². The molecule has 0 spiro atoms. The number of amides is 2. The fourth-order valence-corrected chi connectivity index (χ4v) is 4.82. The monoisotopic (exact) mass is 438 g/mol. The third-order valence-corrected chi connectivity index (χ3v) is 6.55. The molecule has 2 heterocycles. The van der Waals surface area contributed by atoms with Crippen LogP contribution >= 0.6 is 0 Å². The summed E-state index contributed by atoms with van der Waals surface area (Å²) >= 11 is 0. The first-order chi connectivity index (χ1) is 15.5. The highest BCUT2D eigenvalue weighted by molar-refractivity contribution is 5.95.